The Morgan fingerprint density at radius 2 is 2.33 bits per heavy atom. The van der Waals surface area contributed by atoms with Crippen LogP contribution in [-0.2, 0) is 11.2 Å². The number of nitrogens with one attached hydrogen (secondary N) is 1. The molecule has 1 heterocycles. The van der Waals surface area contributed by atoms with Crippen molar-refractivity contribution in [2.75, 3.05) is 19.7 Å². The topological polar surface area (TPSA) is 30.5 Å². The van der Waals surface area contributed by atoms with Crippen LogP contribution >= 0.6 is 15.9 Å². The molecule has 0 radical (unpaired) electrons. The number of ether oxygens (including phenoxy) is 2. The van der Waals surface area contributed by atoms with E-state index in [1.807, 2.05) is 0 Å². The highest BCUT2D eigenvalue weighted by Crippen LogP contribution is 2.26. The summed E-state index contributed by atoms with van der Waals surface area (Å²) in [5, 5.41) is 3.20. The standard InChI is InChI=1S/C12H14BrF2NO2/c13-9-1-2-11(18-12(14)15)8(5-9)6-10-7-16-3-4-17-10/h1-2,5,10,12,16H,3-4,6-7H2. The Kier molecular flexibility index (Phi) is 4.91. The third-order valence-electron chi connectivity index (χ3n) is 2.69. The molecule has 0 spiro atoms. The fourth-order valence-corrected chi connectivity index (χ4v) is 2.32. The number of morpholine rings is 1. The molecular formula is C12H14BrF2NO2. The molecule has 1 saturated heterocycles. The van der Waals surface area contributed by atoms with Gasteiger partial charge in [0.25, 0.3) is 0 Å². The molecule has 1 atom stereocenters. The molecule has 6 heteroatoms. The second-order valence-electron chi connectivity index (χ2n) is 4.03. The van der Waals surface area contributed by atoms with Gasteiger partial charge in [-0.15, -0.1) is 0 Å². The summed E-state index contributed by atoms with van der Waals surface area (Å²) in [6, 6.07) is 5.01. The fraction of sp³-hybridized carbons (Fsp3) is 0.500. The Labute approximate surface area is 113 Å². The molecule has 0 saturated carbocycles. The number of hydrogen-bond acceptors (Lipinski definition) is 3. The largest absolute Gasteiger partial charge is 0.435 e. The monoisotopic (exact) mass is 321 g/mol. The zero-order valence-electron chi connectivity index (χ0n) is 9.67. The van der Waals surface area contributed by atoms with Gasteiger partial charge in [0.2, 0.25) is 0 Å². The second-order valence-corrected chi connectivity index (χ2v) is 4.95. The van der Waals surface area contributed by atoms with E-state index in [2.05, 4.69) is 26.0 Å². The van der Waals surface area contributed by atoms with Crippen LogP contribution in [0.4, 0.5) is 8.78 Å². The predicted molar refractivity (Wildman–Crippen MR) is 67.1 cm³/mol. The smallest absolute Gasteiger partial charge is 0.387 e. The lowest BCUT2D eigenvalue weighted by Crippen LogP contribution is -2.39. The van der Waals surface area contributed by atoms with E-state index in [-0.39, 0.29) is 11.9 Å². The van der Waals surface area contributed by atoms with E-state index in [1.165, 1.54) is 0 Å². The molecule has 1 aliphatic heterocycles. The first-order valence-electron chi connectivity index (χ1n) is 5.70. The molecule has 100 valence electrons. The average Bonchev–Trinajstić information content (AvgIpc) is 2.33. The van der Waals surface area contributed by atoms with Crippen LogP contribution in [0.25, 0.3) is 0 Å². The maximum Gasteiger partial charge on any atom is 0.387 e. The van der Waals surface area contributed by atoms with E-state index < -0.39 is 6.61 Å². The van der Waals surface area contributed by atoms with Crippen LogP contribution in [0.1, 0.15) is 5.56 Å². The maximum absolute atomic E-state index is 12.3. The van der Waals surface area contributed by atoms with Crippen molar-refractivity contribution in [2.24, 2.45) is 0 Å². The molecule has 1 N–H and O–H groups in total. The highest BCUT2D eigenvalue weighted by Gasteiger charge is 2.18. The summed E-state index contributed by atoms with van der Waals surface area (Å²) in [5.41, 5.74) is 0.721. The summed E-state index contributed by atoms with van der Waals surface area (Å²) in [5.74, 6) is 0.211. The summed E-state index contributed by atoms with van der Waals surface area (Å²) in [4.78, 5) is 0. The molecular weight excluding hydrogens is 308 g/mol. The van der Waals surface area contributed by atoms with Crippen molar-refractivity contribution in [3.63, 3.8) is 0 Å². The van der Waals surface area contributed by atoms with Crippen molar-refractivity contribution < 1.29 is 18.3 Å². The molecule has 3 nitrogen and oxygen atoms in total. The summed E-state index contributed by atoms with van der Waals surface area (Å²) in [6.07, 6.45) is 0.544. The van der Waals surface area contributed by atoms with Gasteiger partial charge in [-0.25, -0.2) is 0 Å². The minimum absolute atomic E-state index is 0.00641. The van der Waals surface area contributed by atoms with Gasteiger partial charge >= 0.3 is 6.61 Å². The lowest BCUT2D eigenvalue weighted by Gasteiger charge is -2.24. The lowest BCUT2D eigenvalue weighted by atomic mass is 10.1. The van der Waals surface area contributed by atoms with Crippen LogP contribution < -0.4 is 10.1 Å². The van der Waals surface area contributed by atoms with Gasteiger partial charge in [-0.2, -0.15) is 8.78 Å². The van der Waals surface area contributed by atoms with E-state index in [0.29, 0.717) is 13.0 Å². The molecule has 0 amide bonds. The van der Waals surface area contributed by atoms with Crippen LogP contribution in [0.5, 0.6) is 5.75 Å². The van der Waals surface area contributed by atoms with Gasteiger partial charge in [0.05, 0.1) is 12.7 Å². The van der Waals surface area contributed by atoms with Crippen LogP contribution in [0, 0.1) is 0 Å². The van der Waals surface area contributed by atoms with Gasteiger partial charge in [-0.05, 0) is 23.8 Å². The van der Waals surface area contributed by atoms with Crippen molar-refractivity contribution in [3.8, 4) is 5.75 Å². The predicted octanol–water partition coefficient (Wildman–Crippen LogP) is 2.58. The zero-order valence-corrected chi connectivity index (χ0v) is 11.3. The van der Waals surface area contributed by atoms with E-state index in [9.17, 15) is 8.78 Å². The van der Waals surface area contributed by atoms with Gasteiger partial charge in [-0.3, -0.25) is 0 Å². The zero-order chi connectivity index (χ0) is 13.0. The summed E-state index contributed by atoms with van der Waals surface area (Å²) in [6.45, 7) is -0.616. The first-order valence-corrected chi connectivity index (χ1v) is 6.50. The maximum atomic E-state index is 12.3. The van der Waals surface area contributed by atoms with Crippen LogP contribution in [-0.4, -0.2) is 32.4 Å². The number of halogens is 3. The SMILES string of the molecule is FC(F)Oc1ccc(Br)cc1CC1CNCCO1. The number of rotatable bonds is 4. The Bertz CT molecular complexity index is 398. The van der Waals surface area contributed by atoms with E-state index >= 15 is 0 Å². The van der Waals surface area contributed by atoms with E-state index in [0.717, 1.165) is 23.1 Å². The van der Waals surface area contributed by atoms with Crippen LogP contribution in [0.2, 0.25) is 0 Å². The number of hydrogen-bond donors (Lipinski definition) is 1. The summed E-state index contributed by atoms with van der Waals surface area (Å²) >= 11 is 3.33. The van der Waals surface area contributed by atoms with Gasteiger partial charge in [0.15, 0.2) is 0 Å². The third kappa shape index (κ3) is 3.90. The van der Waals surface area contributed by atoms with Crippen molar-refractivity contribution in [2.45, 2.75) is 19.1 Å². The minimum Gasteiger partial charge on any atom is -0.435 e. The lowest BCUT2D eigenvalue weighted by molar-refractivity contribution is -0.0511. The Hall–Kier alpha value is -0.720. The highest BCUT2D eigenvalue weighted by molar-refractivity contribution is 9.10. The van der Waals surface area contributed by atoms with Gasteiger partial charge < -0.3 is 14.8 Å². The first-order chi connectivity index (χ1) is 8.65. The highest BCUT2D eigenvalue weighted by atomic mass is 79.9. The van der Waals surface area contributed by atoms with Gasteiger partial charge in [-0.1, -0.05) is 15.9 Å². The Morgan fingerprint density at radius 3 is 3.00 bits per heavy atom. The number of benzene rings is 1. The Balaban J connectivity index is 2.10. The molecule has 0 aromatic heterocycles. The molecule has 1 fully saturated rings. The van der Waals surface area contributed by atoms with Crippen LogP contribution in [0.15, 0.2) is 22.7 Å². The normalized spacial score (nSPS) is 20.1. The molecule has 0 bridgehead atoms. The van der Waals surface area contributed by atoms with Crippen molar-refractivity contribution in [1.82, 2.24) is 5.32 Å². The third-order valence-corrected chi connectivity index (χ3v) is 3.18. The minimum atomic E-state index is -2.81. The Morgan fingerprint density at radius 1 is 1.50 bits per heavy atom. The number of alkyl halides is 2. The average molecular weight is 322 g/mol. The van der Waals surface area contributed by atoms with E-state index in [1.54, 1.807) is 18.2 Å². The van der Waals surface area contributed by atoms with Gasteiger partial charge in [0.1, 0.15) is 5.75 Å². The molecule has 1 aromatic carbocycles. The molecule has 1 aliphatic rings. The van der Waals surface area contributed by atoms with Crippen molar-refractivity contribution >= 4 is 15.9 Å². The van der Waals surface area contributed by atoms with Crippen LogP contribution in [0.3, 0.4) is 0 Å². The van der Waals surface area contributed by atoms with E-state index in [4.69, 9.17) is 4.74 Å². The molecule has 1 unspecified atom stereocenters. The molecule has 18 heavy (non-hydrogen) atoms. The quantitative estimate of drug-likeness (QED) is 0.924. The molecule has 0 aliphatic carbocycles. The van der Waals surface area contributed by atoms with Crippen molar-refractivity contribution in [1.29, 1.82) is 0 Å². The van der Waals surface area contributed by atoms with Gasteiger partial charge in [0, 0.05) is 24.0 Å². The fourth-order valence-electron chi connectivity index (χ4n) is 1.91. The summed E-state index contributed by atoms with van der Waals surface area (Å²) in [7, 11) is 0. The molecule has 2 rings (SSSR count). The second kappa shape index (κ2) is 6.45. The molecule has 1 aromatic rings. The summed E-state index contributed by atoms with van der Waals surface area (Å²) < 4.78 is 35.5. The van der Waals surface area contributed by atoms with Crippen molar-refractivity contribution in [3.05, 3.63) is 28.2 Å². The first kappa shape index (κ1) is 13.7.